The maximum absolute atomic E-state index is 12.9. The number of aromatic nitrogens is 1. The van der Waals surface area contributed by atoms with Crippen LogP contribution in [0.4, 0.5) is 16.5 Å². The van der Waals surface area contributed by atoms with Gasteiger partial charge >= 0.3 is 0 Å². The van der Waals surface area contributed by atoms with Gasteiger partial charge in [-0.1, -0.05) is 32.0 Å². The van der Waals surface area contributed by atoms with Crippen LogP contribution in [0.2, 0.25) is 0 Å². The highest BCUT2D eigenvalue weighted by Gasteiger charge is 2.23. The summed E-state index contributed by atoms with van der Waals surface area (Å²) < 4.78 is 27.3. The molecule has 3 aromatic rings. The highest BCUT2D eigenvalue weighted by Crippen LogP contribution is 2.32. The fourth-order valence-electron chi connectivity index (χ4n) is 3.87. The summed E-state index contributed by atoms with van der Waals surface area (Å²) >= 11 is 1.18. The van der Waals surface area contributed by atoms with Crippen LogP contribution in [0.3, 0.4) is 0 Å². The first-order valence-corrected chi connectivity index (χ1v) is 14.8. The lowest BCUT2D eigenvalue weighted by Crippen LogP contribution is -2.32. The summed E-state index contributed by atoms with van der Waals surface area (Å²) in [6.07, 6.45) is 2.04. The van der Waals surface area contributed by atoms with Crippen LogP contribution in [-0.2, 0) is 26.0 Å². The van der Waals surface area contributed by atoms with Crippen molar-refractivity contribution in [1.82, 2.24) is 9.29 Å². The van der Waals surface area contributed by atoms with Crippen LogP contribution in [-0.4, -0.2) is 47.5 Å². The minimum Gasteiger partial charge on any atom is -0.321 e. The number of carbonyl (C=O) groups excluding carboxylic acids is 2. The molecule has 0 spiro atoms. The van der Waals surface area contributed by atoms with Crippen molar-refractivity contribution in [3.05, 3.63) is 63.5 Å². The molecule has 1 heterocycles. The average Bonchev–Trinajstić information content (AvgIpc) is 3.35. The molecule has 0 radical (unpaired) electrons. The van der Waals surface area contributed by atoms with Gasteiger partial charge in [0.05, 0.1) is 15.5 Å². The Morgan fingerprint density at radius 2 is 1.72 bits per heavy atom. The second kappa shape index (κ2) is 13.4. The Bertz CT molecular complexity index is 1430. The predicted molar refractivity (Wildman–Crippen MR) is 151 cm³/mol. The highest BCUT2D eigenvalue weighted by molar-refractivity contribution is 7.89. The number of benzene rings is 2. The Morgan fingerprint density at radius 1 is 1.05 bits per heavy atom. The second-order valence-electron chi connectivity index (χ2n) is 8.80. The summed E-state index contributed by atoms with van der Waals surface area (Å²) in [4.78, 5) is 39.2. The summed E-state index contributed by atoms with van der Waals surface area (Å²) in [5.41, 5.74) is 1.57. The third-order valence-electron chi connectivity index (χ3n) is 5.70. The summed E-state index contributed by atoms with van der Waals surface area (Å²) in [5, 5.41) is 18.6. The summed E-state index contributed by atoms with van der Waals surface area (Å²) in [6, 6.07) is 10.9. The number of sulfonamides is 1. The third kappa shape index (κ3) is 7.91. The number of nitrogens with zero attached hydrogens (tertiary/aromatic N) is 3. The molecule has 0 aliphatic carbocycles. The SMILES string of the molecule is CCCN(CCC)S(=O)(=O)c1ccc(CCC(=O)Nc2nc(-c3ccc(NC(C)=O)c([N+](=O)[O-])c3)cs2)cc1. The van der Waals surface area contributed by atoms with E-state index in [4.69, 9.17) is 0 Å². The third-order valence-corrected chi connectivity index (χ3v) is 8.37. The molecule has 0 aliphatic heterocycles. The van der Waals surface area contributed by atoms with Crippen LogP contribution in [0, 0.1) is 10.1 Å². The first-order valence-electron chi connectivity index (χ1n) is 12.5. The number of aryl methyl sites for hydroxylation is 1. The minimum atomic E-state index is -3.56. The summed E-state index contributed by atoms with van der Waals surface area (Å²) in [7, 11) is -3.56. The lowest BCUT2D eigenvalue weighted by Gasteiger charge is -2.21. The number of nitrogens with one attached hydrogen (secondary N) is 2. The summed E-state index contributed by atoms with van der Waals surface area (Å²) in [5.74, 6) is -0.687. The number of carbonyl (C=O) groups is 2. The van der Waals surface area contributed by atoms with Gasteiger partial charge in [-0.3, -0.25) is 19.7 Å². The van der Waals surface area contributed by atoms with Crippen molar-refractivity contribution >= 4 is 49.7 Å². The number of hydrogen-bond acceptors (Lipinski definition) is 8. The van der Waals surface area contributed by atoms with Gasteiger partial charge in [0.25, 0.3) is 5.69 Å². The number of nitro groups is 1. The fourth-order valence-corrected chi connectivity index (χ4v) is 6.23. The Morgan fingerprint density at radius 3 is 2.31 bits per heavy atom. The Labute approximate surface area is 231 Å². The van der Waals surface area contributed by atoms with Crippen LogP contribution in [0.1, 0.15) is 45.6 Å². The van der Waals surface area contributed by atoms with Gasteiger partial charge in [-0.15, -0.1) is 11.3 Å². The number of thiazole rings is 1. The van der Waals surface area contributed by atoms with Crippen molar-refractivity contribution in [2.24, 2.45) is 0 Å². The first kappa shape index (κ1) is 29.9. The maximum atomic E-state index is 12.9. The number of hydrogen-bond donors (Lipinski definition) is 2. The van der Waals surface area contributed by atoms with Gasteiger partial charge in [-0.05, 0) is 43.0 Å². The van der Waals surface area contributed by atoms with Crippen LogP contribution < -0.4 is 10.6 Å². The summed E-state index contributed by atoms with van der Waals surface area (Å²) in [6.45, 7) is 6.09. The van der Waals surface area contributed by atoms with Gasteiger partial charge in [-0.25, -0.2) is 13.4 Å². The number of anilines is 2. The molecular weight excluding hydrogens is 542 g/mol. The van der Waals surface area contributed by atoms with Crippen LogP contribution in [0.5, 0.6) is 0 Å². The van der Waals surface area contributed by atoms with Crippen molar-refractivity contribution < 1.29 is 22.9 Å². The molecule has 1 aromatic heterocycles. The van der Waals surface area contributed by atoms with Crippen molar-refractivity contribution in [2.45, 2.75) is 51.3 Å². The molecular formula is C26H31N5O6S2. The molecule has 11 nitrogen and oxygen atoms in total. The molecule has 0 aliphatic rings. The molecule has 0 bridgehead atoms. The minimum absolute atomic E-state index is 0.0879. The van der Waals surface area contributed by atoms with E-state index in [-0.39, 0.29) is 28.6 Å². The van der Waals surface area contributed by atoms with Crippen LogP contribution in [0.15, 0.2) is 52.7 Å². The average molecular weight is 574 g/mol. The van der Waals surface area contributed by atoms with E-state index in [0.29, 0.717) is 35.9 Å². The Hall–Kier alpha value is -3.68. The molecule has 3 rings (SSSR count). The monoisotopic (exact) mass is 573 g/mol. The van der Waals surface area contributed by atoms with Gasteiger partial charge in [0, 0.05) is 43.4 Å². The lowest BCUT2D eigenvalue weighted by atomic mass is 10.1. The highest BCUT2D eigenvalue weighted by atomic mass is 32.2. The van der Waals surface area contributed by atoms with E-state index in [9.17, 15) is 28.1 Å². The van der Waals surface area contributed by atoms with Crippen molar-refractivity contribution in [3.8, 4) is 11.3 Å². The molecule has 0 saturated carbocycles. The van der Waals surface area contributed by atoms with Gasteiger partial charge in [0.15, 0.2) is 5.13 Å². The van der Waals surface area contributed by atoms with Gasteiger partial charge in [0.1, 0.15) is 5.69 Å². The number of rotatable bonds is 13. The van der Waals surface area contributed by atoms with Crippen LogP contribution in [0.25, 0.3) is 11.3 Å². The number of amides is 2. The van der Waals surface area contributed by atoms with Crippen molar-refractivity contribution in [1.29, 1.82) is 0 Å². The molecule has 39 heavy (non-hydrogen) atoms. The van der Waals surface area contributed by atoms with Gasteiger partial charge < -0.3 is 10.6 Å². The van der Waals surface area contributed by atoms with Crippen LogP contribution >= 0.6 is 11.3 Å². The normalized spacial score (nSPS) is 11.4. The Balaban J connectivity index is 1.61. The lowest BCUT2D eigenvalue weighted by molar-refractivity contribution is -0.383. The van der Waals surface area contributed by atoms with E-state index in [1.54, 1.807) is 35.7 Å². The first-order chi connectivity index (χ1) is 18.5. The molecule has 2 aromatic carbocycles. The Kier molecular flexibility index (Phi) is 10.3. The largest absolute Gasteiger partial charge is 0.321 e. The molecule has 0 atom stereocenters. The molecule has 2 N–H and O–H groups in total. The van der Waals surface area contributed by atoms with E-state index < -0.39 is 20.9 Å². The predicted octanol–water partition coefficient (Wildman–Crippen LogP) is 5.06. The molecule has 0 fully saturated rings. The van der Waals surface area contributed by atoms with E-state index in [1.807, 2.05) is 13.8 Å². The van der Waals surface area contributed by atoms with E-state index in [0.717, 1.165) is 18.4 Å². The topological polar surface area (TPSA) is 152 Å². The maximum Gasteiger partial charge on any atom is 0.293 e. The van der Waals surface area contributed by atoms with E-state index in [1.165, 1.54) is 34.7 Å². The standard InChI is InChI=1S/C26H31N5O6S2/c1-4-14-30(15-5-2)39(36,37)21-10-6-19(7-11-21)8-13-25(33)29-26-28-23(17-38-26)20-9-12-22(27-18(3)32)24(16-20)31(34)35/h6-7,9-12,16-17H,4-5,8,13-15H2,1-3H3,(H,27,32)(H,28,29,33). The van der Waals surface area contributed by atoms with Crippen molar-refractivity contribution in [2.75, 3.05) is 23.7 Å². The molecule has 2 amide bonds. The smallest absolute Gasteiger partial charge is 0.293 e. The molecule has 0 saturated heterocycles. The quantitative estimate of drug-likeness (QED) is 0.214. The second-order valence-corrected chi connectivity index (χ2v) is 11.6. The van der Waals surface area contributed by atoms with Gasteiger partial charge in [-0.2, -0.15) is 4.31 Å². The zero-order chi connectivity index (χ0) is 28.6. The fraction of sp³-hybridized carbons (Fsp3) is 0.346. The molecule has 0 unspecified atom stereocenters. The van der Waals surface area contributed by atoms with Crippen molar-refractivity contribution in [3.63, 3.8) is 0 Å². The molecule has 13 heteroatoms. The van der Waals surface area contributed by atoms with E-state index in [2.05, 4.69) is 15.6 Å². The zero-order valence-corrected chi connectivity index (χ0v) is 23.6. The number of nitro benzene ring substituents is 1. The van der Waals surface area contributed by atoms with E-state index >= 15 is 0 Å². The van der Waals surface area contributed by atoms with Gasteiger partial charge in [0.2, 0.25) is 21.8 Å². The molecule has 208 valence electrons. The zero-order valence-electron chi connectivity index (χ0n) is 22.0.